The largest absolute Gasteiger partial charge is 0.395 e. The Morgan fingerprint density at radius 2 is 2.00 bits per heavy atom. The topological polar surface area (TPSA) is 89.9 Å². The highest BCUT2D eigenvalue weighted by atomic mass is 16.3. The van der Waals surface area contributed by atoms with Crippen LogP contribution in [0.4, 0.5) is 0 Å². The van der Waals surface area contributed by atoms with Crippen LogP contribution in [0.5, 0.6) is 0 Å². The molecule has 0 aliphatic heterocycles. The zero-order valence-electron chi connectivity index (χ0n) is 14.7. The molecule has 1 aromatic rings. The molecule has 0 saturated heterocycles. The number of amides is 2. The van der Waals surface area contributed by atoms with Crippen molar-refractivity contribution < 1.29 is 19.8 Å². The van der Waals surface area contributed by atoms with Crippen molar-refractivity contribution in [1.82, 2.24) is 10.2 Å². The molecular formula is C19H28N2O4. The van der Waals surface area contributed by atoms with Crippen LogP contribution >= 0.6 is 0 Å². The number of aliphatic hydroxyl groups is 2. The van der Waals surface area contributed by atoms with Crippen molar-refractivity contribution in [1.29, 1.82) is 0 Å². The van der Waals surface area contributed by atoms with Crippen LogP contribution in [-0.2, 0) is 16.1 Å². The van der Waals surface area contributed by atoms with Crippen molar-refractivity contribution in [3.05, 3.63) is 48.6 Å². The minimum atomic E-state index is -0.645. The van der Waals surface area contributed by atoms with Gasteiger partial charge in [0.15, 0.2) is 0 Å². The molecular weight excluding hydrogens is 320 g/mol. The van der Waals surface area contributed by atoms with Crippen molar-refractivity contribution in [2.24, 2.45) is 5.92 Å². The van der Waals surface area contributed by atoms with Gasteiger partial charge in [-0.05, 0) is 18.9 Å². The Morgan fingerprint density at radius 3 is 2.56 bits per heavy atom. The molecule has 2 atom stereocenters. The molecule has 0 aliphatic rings. The number of hydrogen-bond acceptors (Lipinski definition) is 4. The smallest absolute Gasteiger partial charge is 0.224 e. The first-order valence-corrected chi connectivity index (χ1v) is 8.47. The number of carbonyl (C=O) groups excluding carboxylic acids is 2. The first-order chi connectivity index (χ1) is 12.0. The minimum absolute atomic E-state index is 0.0322. The number of benzene rings is 1. The van der Waals surface area contributed by atoms with E-state index < -0.39 is 12.0 Å². The number of nitrogens with zero attached hydrogens (tertiary/aromatic N) is 1. The highest BCUT2D eigenvalue weighted by Gasteiger charge is 2.24. The van der Waals surface area contributed by atoms with E-state index in [0.29, 0.717) is 13.0 Å². The zero-order chi connectivity index (χ0) is 18.7. The van der Waals surface area contributed by atoms with Crippen molar-refractivity contribution in [3.8, 4) is 0 Å². The Labute approximate surface area is 149 Å². The molecule has 0 heterocycles. The quantitative estimate of drug-likeness (QED) is 0.522. The molecule has 0 fully saturated rings. The fourth-order valence-electron chi connectivity index (χ4n) is 2.43. The van der Waals surface area contributed by atoms with E-state index in [1.807, 2.05) is 30.3 Å². The minimum Gasteiger partial charge on any atom is -0.395 e. The van der Waals surface area contributed by atoms with Gasteiger partial charge in [0.05, 0.1) is 18.6 Å². The molecule has 0 bridgehead atoms. The van der Waals surface area contributed by atoms with Gasteiger partial charge in [-0.15, -0.1) is 6.58 Å². The van der Waals surface area contributed by atoms with Crippen LogP contribution in [0.15, 0.2) is 43.0 Å². The Morgan fingerprint density at radius 1 is 1.32 bits per heavy atom. The SMILES string of the molecule is C=CC[C@H](CC(=O)N(CCO)Cc1ccccc1)C(=O)NC[C@H](C)O. The lowest BCUT2D eigenvalue weighted by atomic mass is 9.99. The van der Waals surface area contributed by atoms with Crippen LogP contribution in [0, 0.1) is 5.92 Å². The number of aliphatic hydroxyl groups excluding tert-OH is 2. The molecule has 0 aromatic heterocycles. The molecule has 6 heteroatoms. The predicted molar refractivity (Wildman–Crippen MR) is 96.6 cm³/mol. The van der Waals surface area contributed by atoms with Crippen LogP contribution in [-0.4, -0.2) is 52.7 Å². The van der Waals surface area contributed by atoms with Crippen molar-refractivity contribution in [2.45, 2.75) is 32.4 Å². The molecule has 0 aliphatic carbocycles. The Kier molecular flexibility index (Phi) is 9.50. The van der Waals surface area contributed by atoms with Crippen LogP contribution in [0.3, 0.4) is 0 Å². The molecule has 2 amide bonds. The molecule has 0 spiro atoms. The van der Waals surface area contributed by atoms with Gasteiger partial charge >= 0.3 is 0 Å². The number of allylic oxidation sites excluding steroid dienone is 1. The Balaban J connectivity index is 2.73. The average molecular weight is 348 g/mol. The molecule has 25 heavy (non-hydrogen) atoms. The third-order valence-electron chi connectivity index (χ3n) is 3.75. The fraction of sp³-hybridized carbons (Fsp3) is 0.474. The summed E-state index contributed by atoms with van der Waals surface area (Å²) >= 11 is 0. The van der Waals surface area contributed by atoms with Crippen LogP contribution in [0.2, 0.25) is 0 Å². The molecule has 1 aromatic carbocycles. The summed E-state index contributed by atoms with van der Waals surface area (Å²) < 4.78 is 0. The number of hydrogen-bond donors (Lipinski definition) is 3. The first-order valence-electron chi connectivity index (χ1n) is 8.47. The summed E-state index contributed by atoms with van der Waals surface area (Å²) in [5.74, 6) is -1.02. The molecule has 138 valence electrons. The molecule has 0 radical (unpaired) electrons. The summed E-state index contributed by atoms with van der Waals surface area (Å²) in [6.07, 6.45) is 1.36. The second-order valence-corrected chi connectivity index (χ2v) is 6.04. The average Bonchev–Trinajstić information content (AvgIpc) is 2.59. The number of rotatable bonds is 11. The van der Waals surface area contributed by atoms with E-state index in [2.05, 4.69) is 11.9 Å². The molecule has 0 unspecified atom stereocenters. The van der Waals surface area contributed by atoms with Gasteiger partial charge in [0.2, 0.25) is 11.8 Å². The van der Waals surface area contributed by atoms with E-state index >= 15 is 0 Å². The van der Waals surface area contributed by atoms with E-state index in [1.54, 1.807) is 17.9 Å². The summed E-state index contributed by atoms with van der Waals surface area (Å²) in [7, 11) is 0. The number of nitrogens with one attached hydrogen (secondary N) is 1. The van der Waals surface area contributed by atoms with E-state index in [-0.39, 0.29) is 37.9 Å². The van der Waals surface area contributed by atoms with Crippen LogP contribution < -0.4 is 5.32 Å². The fourth-order valence-corrected chi connectivity index (χ4v) is 2.43. The van der Waals surface area contributed by atoms with Crippen LogP contribution in [0.25, 0.3) is 0 Å². The summed E-state index contributed by atoms with van der Waals surface area (Å²) in [5, 5.41) is 21.2. The lowest BCUT2D eigenvalue weighted by Gasteiger charge is -2.24. The molecule has 0 saturated carbocycles. The summed E-state index contributed by atoms with van der Waals surface area (Å²) in [5.41, 5.74) is 0.961. The zero-order valence-corrected chi connectivity index (χ0v) is 14.7. The highest BCUT2D eigenvalue weighted by molar-refractivity contribution is 5.86. The lowest BCUT2D eigenvalue weighted by Crippen LogP contribution is -2.39. The first kappa shape index (κ1) is 20.9. The molecule has 1 rings (SSSR count). The van der Waals surface area contributed by atoms with Crippen LogP contribution in [0.1, 0.15) is 25.3 Å². The maximum Gasteiger partial charge on any atom is 0.224 e. The maximum atomic E-state index is 12.6. The highest BCUT2D eigenvalue weighted by Crippen LogP contribution is 2.14. The van der Waals surface area contributed by atoms with E-state index in [4.69, 9.17) is 0 Å². The standard InChI is InChI=1S/C19H28N2O4/c1-3-7-17(19(25)20-13-15(2)23)12-18(24)21(10-11-22)14-16-8-5-4-6-9-16/h3-6,8-9,15,17,22-23H,1,7,10-14H2,2H3,(H,20,25)/t15-,17+/m0/s1. The van der Waals surface area contributed by atoms with Gasteiger partial charge in [0.25, 0.3) is 0 Å². The van der Waals surface area contributed by atoms with Gasteiger partial charge in [0, 0.05) is 26.1 Å². The van der Waals surface area contributed by atoms with E-state index in [9.17, 15) is 19.8 Å². The van der Waals surface area contributed by atoms with Crippen molar-refractivity contribution >= 4 is 11.8 Å². The Bertz CT molecular complexity index is 546. The second-order valence-electron chi connectivity index (χ2n) is 6.04. The normalized spacial score (nSPS) is 12.9. The van der Waals surface area contributed by atoms with Crippen molar-refractivity contribution in [3.63, 3.8) is 0 Å². The predicted octanol–water partition coefficient (Wildman–Crippen LogP) is 1.09. The second kappa shape index (κ2) is 11.4. The summed E-state index contributed by atoms with van der Waals surface area (Å²) in [6.45, 7) is 5.82. The third kappa shape index (κ3) is 7.96. The lowest BCUT2D eigenvalue weighted by molar-refractivity contribution is -0.137. The monoisotopic (exact) mass is 348 g/mol. The van der Waals surface area contributed by atoms with Gasteiger partial charge in [0.1, 0.15) is 0 Å². The molecule has 6 nitrogen and oxygen atoms in total. The summed E-state index contributed by atoms with van der Waals surface area (Å²) in [6, 6.07) is 9.50. The maximum absolute atomic E-state index is 12.6. The molecule has 3 N–H and O–H groups in total. The third-order valence-corrected chi connectivity index (χ3v) is 3.75. The Hall–Kier alpha value is -2.18. The number of carbonyl (C=O) groups is 2. The van der Waals surface area contributed by atoms with Gasteiger partial charge in [-0.2, -0.15) is 0 Å². The van der Waals surface area contributed by atoms with Gasteiger partial charge < -0.3 is 20.4 Å². The van der Waals surface area contributed by atoms with Crippen molar-refractivity contribution in [2.75, 3.05) is 19.7 Å². The summed E-state index contributed by atoms with van der Waals surface area (Å²) in [4.78, 5) is 26.4. The van der Waals surface area contributed by atoms with E-state index in [0.717, 1.165) is 5.56 Å². The van der Waals surface area contributed by atoms with Gasteiger partial charge in [-0.3, -0.25) is 9.59 Å². The van der Waals surface area contributed by atoms with E-state index in [1.165, 1.54) is 0 Å². The van der Waals surface area contributed by atoms with Gasteiger partial charge in [-0.1, -0.05) is 36.4 Å². The van der Waals surface area contributed by atoms with Gasteiger partial charge in [-0.25, -0.2) is 0 Å².